The van der Waals surface area contributed by atoms with Crippen molar-refractivity contribution in [2.45, 2.75) is 46.2 Å². The van der Waals surface area contributed by atoms with Gasteiger partial charge in [0.2, 0.25) is 0 Å². The zero-order chi connectivity index (χ0) is 23.3. The monoisotopic (exact) mass is 442 g/mol. The average Bonchev–Trinajstić information content (AvgIpc) is 3.38. The molecule has 1 fully saturated rings. The molecular formula is C28H34N4O. The molecule has 4 heterocycles. The van der Waals surface area contributed by atoms with E-state index in [2.05, 4.69) is 92.2 Å². The van der Waals surface area contributed by atoms with E-state index in [-0.39, 0.29) is 5.54 Å². The minimum absolute atomic E-state index is 0.219. The lowest BCUT2D eigenvalue weighted by atomic mass is 9.95. The van der Waals surface area contributed by atoms with Gasteiger partial charge in [-0.1, -0.05) is 33.1 Å². The maximum atomic E-state index is 5.72. The first-order valence-corrected chi connectivity index (χ1v) is 11.9. The summed E-state index contributed by atoms with van der Waals surface area (Å²) in [6.07, 6.45) is 3.24. The van der Waals surface area contributed by atoms with Gasteiger partial charge < -0.3 is 19.5 Å². The third-order valence-corrected chi connectivity index (χ3v) is 6.99. The van der Waals surface area contributed by atoms with Crippen LogP contribution < -0.4 is 10.1 Å². The topological polar surface area (TPSA) is 42.3 Å². The van der Waals surface area contributed by atoms with Gasteiger partial charge in [-0.3, -0.25) is 0 Å². The number of benzene rings is 1. The molecule has 0 amide bonds. The highest BCUT2D eigenvalue weighted by Crippen LogP contribution is 2.37. The number of nitrogens with one attached hydrogen (secondary N) is 1. The predicted octanol–water partition coefficient (Wildman–Crippen LogP) is 5.46. The third kappa shape index (κ3) is 3.69. The normalized spacial score (nSPS) is 17.2. The minimum atomic E-state index is -0.219. The van der Waals surface area contributed by atoms with Gasteiger partial charge in [0, 0.05) is 48.9 Å². The fourth-order valence-corrected chi connectivity index (χ4v) is 5.03. The van der Waals surface area contributed by atoms with Crippen LogP contribution in [0.2, 0.25) is 0 Å². The van der Waals surface area contributed by atoms with Crippen molar-refractivity contribution in [2.24, 2.45) is 5.92 Å². The summed E-state index contributed by atoms with van der Waals surface area (Å²) in [5.41, 5.74) is 7.41. The molecule has 33 heavy (non-hydrogen) atoms. The van der Waals surface area contributed by atoms with Gasteiger partial charge in [-0.05, 0) is 55.2 Å². The zero-order valence-corrected chi connectivity index (χ0v) is 20.2. The van der Waals surface area contributed by atoms with Crippen molar-refractivity contribution in [3.63, 3.8) is 0 Å². The molecule has 5 heteroatoms. The van der Waals surface area contributed by atoms with Gasteiger partial charge in [0.15, 0.2) is 0 Å². The van der Waals surface area contributed by atoms with Crippen LogP contribution in [-0.2, 0) is 13.0 Å². The molecule has 0 spiro atoms. The fraction of sp³-hybridized carbons (Fsp3) is 0.393. The summed E-state index contributed by atoms with van der Waals surface area (Å²) in [6, 6.07) is 10.9. The van der Waals surface area contributed by atoms with Crippen molar-refractivity contribution in [3.8, 4) is 16.9 Å². The Labute approximate surface area is 196 Å². The number of hydrogen-bond donors (Lipinski definition) is 1. The summed E-state index contributed by atoms with van der Waals surface area (Å²) in [7, 11) is 0. The first kappa shape index (κ1) is 21.6. The van der Waals surface area contributed by atoms with Crippen molar-refractivity contribution >= 4 is 16.7 Å². The van der Waals surface area contributed by atoms with Gasteiger partial charge in [-0.15, -0.1) is 0 Å². The highest BCUT2D eigenvalue weighted by atomic mass is 16.5. The third-order valence-electron chi connectivity index (χ3n) is 6.99. The first-order valence-electron chi connectivity index (χ1n) is 11.9. The molecule has 0 saturated carbocycles. The fourth-order valence-electron chi connectivity index (χ4n) is 5.03. The quantitative estimate of drug-likeness (QED) is 0.570. The van der Waals surface area contributed by atoms with E-state index in [0.717, 1.165) is 61.1 Å². The summed E-state index contributed by atoms with van der Waals surface area (Å²) in [4.78, 5) is 7.48. The van der Waals surface area contributed by atoms with E-state index >= 15 is 0 Å². The lowest BCUT2D eigenvalue weighted by molar-refractivity contribution is 0.201. The first-order chi connectivity index (χ1) is 15.8. The lowest BCUT2D eigenvalue weighted by Crippen LogP contribution is -2.54. The van der Waals surface area contributed by atoms with Crippen molar-refractivity contribution in [1.82, 2.24) is 19.8 Å². The second-order valence-electron chi connectivity index (χ2n) is 10.1. The second-order valence-corrected chi connectivity index (χ2v) is 10.1. The SMILES string of the molecule is C=C(c1ccc2c(-c3ccc4c(c3)CCO4)cn(CC(C)C)c2n1)N1CCNC(=C)C1(C)C. The number of nitrogens with zero attached hydrogens (tertiary/aromatic N) is 3. The Morgan fingerprint density at radius 1 is 1.24 bits per heavy atom. The standard InChI is InChI=1S/C28H34N4O/c1-18(2)16-31-17-24(21-7-10-26-22(15-21)11-14-33-26)23-8-9-25(30-27(23)31)19(3)32-13-12-29-20(4)28(32,5)6/h7-10,15,17-18,29H,3-4,11-14,16H2,1-2,5-6H3. The maximum Gasteiger partial charge on any atom is 0.141 e. The molecule has 1 saturated heterocycles. The van der Waals surface area contributed by atoms with E-state index in [1.807, 2.05) is 0 Å². The molecular weight excluding hydrogens is 408 g/mol. The van der Waals surface area contributed by atoms with Crippen molar-refractivity contribution in [1.29, 1.82) is 0 Å². The van der Waals surface area contributed by atoms with Crippen molar-refractivity contribution in [3.05, 3.63) is 66.6 Å². The van der Waals surface area contributed by atoms with Crippen LogP contribution in [0, 0.1) is 5.92 Å². The van der Waals surface area contributed by atoms with Crippen LogP contribution in [0.3, 0.4) is 0 Å². The Bertz CT molecular complexity index is 1250. The molecule has 2 aromatic heterocycles. The molecule has 1 N–H and O–H groups in total. The molecule has 172 valence electrons. The van der Waals surface area contributed by atoms with Crippen molar-refractivity contribution in [2.75, 3.05) is 19.7 Å². The van der Waals surface area contributed by atoms with E-state index in [9.17, 15) is 0 Å². The summed E-state index contributed by atoms with van der Waals surface area (Å²) in [5.74, 6) is 1.53. The van der Waals surface area contributed by atoms with E-state index < -0.39 is 0 Å². The van der Waals surface area contributed by atoms with Crippen molar-refractivity contribution < 1.29 is 4.74 Å². The Hall–Kier alpha value is -3.21. The number of aromatic nitrogens is 2. The molecule has 1 aromatic carbocycles. The summed E-state index contributed by atoms with van der Waals surface area (Å²) < 4.78 is 8.02. The summed E-state index contributed by atoms with van der Waals surface area (Å²) >= 11 is 0. The van der Waals surface area contributed by atoms with Crippen LogP contribution in [0.1, 0.15) is 39.0 Å². The molecule has 3 aromatic rings. The molecule has 0 bridgehead atoms. The van der Waals surface area contributed by atoms with Crippen LogP contribution in [0.5, 0.6) is 5.75 Å². The molecule has 0 aliphatic carbocycles. The minimum Gasteiger partial charge on any atom is -0.493 e. The van der Waals surface area contributed by atoms with Crippen LogP contribution >= 0.6 is 0 Å². The summed E-state index contributed by atoms with van der Waals surface area (Å²) in [5, 5.41) is 4.57. The Kier molecular flexibility index (Phi) is 5.23. The number of piperazine rings is 1. The molecule has 5 rings (SSSR count). The number of hydrogen-bond acceptors (Lipinski definition) is 4. The highest BCUT2D eigenvalue weighted by molar-refractivity contribution is 5.95. The molecule has 2 aliphatic rings. The van der Waals surface area contributed by atoms with Crippen LogP contribution in [-0.4, -0.2) is 39.7 Å². The molecule has 0 atom stereocenters. The molecule has 5 nitrogen and oxygen atoms in total. The zero-order valence-electron chi connectivity index (χ0n) is 20.2. The maximum absolute atomic E-state index is 5.72. The Balaban J connectivity index is 1.58. The summed E-state index contributed by atoms with van der Waals surface area (Å²) in [6.45, 7) is 21.0. The molecule has 0 radical (unpaired) electrons. The smallest absolute Gasteiger partial charge is 0.141 e. The van der Waals surface area contributed by atoms with Gasteiger partial charge in [-0.2, -0.15) is 0 Å². The lowest BCUT2D eigenvalue weighted by Gasteiger charge is -2.46. The number of ether oxygens (including phenoxy) is 1. The van der Waals surface area contributed by atoms with Crippen LogP contribution in [0.25, 0.3) is 27.9 Å². The Morgan fingerprint density at radius 3 is 2.85 bits per heavy atom. The molecule has 2 aliphatic heterocycles. The molecule has 0 unspecified atom stereocenters. The number of rotatable bonds is 5. The number of pyridine rings is 1. The van der Waals surface area contributed by atoms with E-state index in [1.54, 1.807) is 0 Å². The van der Waals surface area contributed by atoms with Gasteiger partial charge in [0.1, 0.15) is 11.4 Å². The van der Waals surface area contributed by atoms with Gasteiger partial charge >= 0.3 is 0 Å². The van der Waals surface area contributed by atoms with Gasteiger partial charge in [0.25, 0.3) is 0 Å². The second kappa shape index (κ2) is 7.98. The van der Waals surface area contributed by atoms with Gasteiger partial charge in [0.05, 0.1) is 23.5 Å². The highest BCUT2D eigenvalue weighted by Gasteiger charge is 2.34. The van der Waals surface area contributed by atoms with E-state index in [1.165, 1.54) is 22.1 Å². The van der Waals surface area contributed by atoms with Gasteiger partial charge in [-0.25, -0.2) is 4.98 Å². The van der Waals surface area contributed by atoms with Crippen LogP contribution in [0.15, 0.2) is 55.4 Å². The average molecular weight is 443 g/mol. The Morgan fingerprint density at radius 2 is 2.06 bits per heavy atom. The predicted molar refractivity (Wildman–Crippen MR) is 136 cm³/mol. The number of fused-ring (bicyclic) bond motifs is 2. The van der Waals surface area contributed by atoms with E-state index in [0.29, 0.717) is 5.92 Å². The largest absolute Gasteiger partial charge is 0.493 e. The van der Waals surface area contributed by atoms with E-state index in [4.69, 9.17) is 9.72 Å². The van der Waals surface area contributed by atoms with Crippen LogP contribution in [0.4, 0.5) is 0 Å².